The molecule has 2 heteroatoms. The van der Waals surface area contributed by atoms with Crippen LogP contribution in [0.3, 0.4) is 0 Å². The smallest absolute Gasteiger partial charge is 0.0635 e. The molecule has 0 bridgehead atoms. The summed E-state index contributed by atoms with van der Waals surface area (Å²) in [5.74, 6) is 0. The highest BCUT2D eigenvalue weighted by molar-refractivity contribution is 5.66. The SMILES string of the molecule is Cc1nncc(-c2ccccc2)c1C. The summed E-state index contributed by atoms with van der Waals surface area (Å²) in [5.41, 5.74) is 4.55. The van der Waals surface area contributed by atoms with Gasteiger partial charge >= 0.3 is 0 Å². The third-order valence-electron chi connectivity index (χ3n) is 2.43. The van der Waals surface area contributed by atoms with E-state index in [-0.39, 0.29) is 0 Å². The van der Waals surface area contributed by atoms with Crippen molar-refractivity contribution >= 4 is 0 Å². The van der Waals surface area contributed by atoms with Crippen molar-refractivity contribution in [2.24, 2.45) is 0 Å². The maximum Gasteiger partial charge on any atom is 0.0635 e. The van der Waals surface area contributed by atoms with Gasteiger partial charge in [-0.2, -0.15) is 10.2 Å². The molecule has 70 valence electrons. The fourth-order valence-electron chi connectivity index (χ4n) is 1.45. The van der Waals surface area contributed by atoms with Gasteiger partial charge in [0.2, 0.25) is 0 Å². The molecule has 0 aliphatic carbocycles. The summed E-state index contributed by atoms with van der Waals surface area (Å²) in [6.45, 7) is 4.06. The van der Waals surface area contributed by atoms with Gasteiger partial charge in [0.05, 0.1) is 11.9 Å². The summed E-state index contributed by atoms with van der Waals surface area (Å²) in [7, 11) is 0. The van der Waals surface area contributed by atoms with Crippen molar-refractivity contribution in [3.8, 4) is 11.1 Å². The van der Waals surface area contributed by atoms with Crippen LogP contribution in [0.1, 0.15) is 11.3 Å². The third kappa shape index (κ3) is 1.51. The monoisotopic (exact) mass is 184 g/mol. The molecule has 0 amide bonds. The first kappa shape index (κ1) is 8.88. The van der Waals surface area contributed by atoms with E-state index in [1.807, 2.05) is 31.3 Å². The lowest BCUT2D eigenvalue weighted by Crippen LogP contribution is -1.93. The molecule has 0 fully saturated rings. The zero-order chi connectivity index (χ0) is 9.97. The minimum Gasteiger partial charge on any atom is -0.158 e. The van der Waals surface area contributed by atoms with Crippen LogP contribution in [-0.2, 0) is 0 Å². The molecular weight excluding hydrogens is 172 g/mol. The number of hydrogen-bond donors (Lipinski definition) is 0. The molecule has 2 nitrogen and oxygen atoms in total. The maximum atomic E-state index is 4.01. The Morgan fingerprint density at radius 1 is 1.00 bits per heavy atom. The second kappa shape index (κ2) is 3.58. The topological polar surface area (TPSA) is 25.8 Å². The van der Waals surface area contributed by atoms with Gasteiger partial charge in [0, 0.05) is 5.56 Å². The standard InChI is InChI=1S/C12H12N2/c1-9-10(2)14-13-8-12(9)11-6-4-3-5-7-11/h3-8H,1-2H3. The minimum atomic E-state index is 0.992. The predicted octanol–water partition coefficient (Wildman–Crippen LogP) is 2.76. The summed E-state index contributed by atoms with van der Waals surface area (Å²) in [6, 6.07) is 10.3. The fourth-order valence-corrected chi connectivity index (χ4v) is 1.45. The van der Waals surface area contributed by atoms with Gasteiger partial charge in [0.25, 0.3) is 0 Å². The molecule has 0 radical (unpaired) electrons. The van der Waals surface area contributed by atoms with E-state index in [2.05, 4.69) is 29.3 Å². The molecule has 0 N–H and O–H groups in total. The average molecular weight is 184 g/mol. The van der Waals surface area contributed by atoms with Crippen molar-refractivity contribution in [2.75, 3.05) is 0 Å². The van der Waals surface area contributed by atoms with Crippen molar-refractivity contribution < 1.29 is 0 Å². The molecule has 1 heterocycles. The largest absolute Gasteiger partial charge is 0.158 e. The van der Waals surface area contributed by atoms with Crippen LogP contribution in [0.4, 0.5) is 0 Å². The van der Waals surface area contributed by atoms with Crippen LogP contribution in [0.5, 0.6) is 0 Å². The van der Waals surface area contributed by atoms with Gasteiger partial charge in [-0.15, -0.1) is 0 Å². The van der Waals surface area contributed by atoms with E-state index in [0.717, 1.165) is 11.3 Å². The average Bonchev–Trinajstić information content (AvgIpc) is 2.23. The van der Waals surface area contributed by atoms with Crippen molar-refractivity contribution in [3.63, 3.8) is 0 Å². The van der Waals surface area contributed by atoms with Crippen LogP contribution >= 0.6 is 0 Å². The lowest BCUT2D eigenvalue weighted by Gasteiger charge is -2.05. The lowest BCUT2D eigenvalue weighted by molar-refractivity contribution is 0.964. The molecule has 0 unspecified atom stereocenters. The Hall–Kier alpha value is -1.70. The number of aryl methyl sites for hydroxylation is 1. The van der Waals surface area contributed by atoms with Crippen molar-refractivity contribution in [2.45, 2.75) is 13.8 Å². The van der Waals surface area contributed by atoms with Crippen LogP contribution in [0.2, 0.25) is 0 Å². The molecule has 0 aliphatic heterocycles. The second-order valence-electron chi connectivity index (χ2n) is 3.33. The number of rotatable bonds is 1. The van der Waals surface area contributed by atoms with Crippen molar-refractivity contribution in [1.82, 2.24) is 10.2 Å². The number of nitrogens with zero attached hydrogens (tertiary/aromatic N) is 2. The minimum absolute atomic E-state index is 0.992. The van der Waals surface area contributed by atoms with E-state index in [1.165, 1.54) is 11.1 Å². The van der Waals surface area contributed by atoms with Gasteiger partial charge in [-0.05, 0) is 25.0 Å². The van der Waals surface area contributed by atoms with Gasteiger partial charge in [-0.3, -0.25) is 0 Å². The van der Waals surface area contributed by atoms with Gasteiger partial charge in [0.15, 0.2) is 0 Å². The van der Waals surface area contributed by atoms with Crippen LogP contribution in [0, 0.1) is 13.8 Å². The summed E-state index contributed by atoms with van der Waals surface area (Å²) in [5, 5.41) is 7.99. The first-order valence-electron chi connectivity index (χ1n) is 4.63. The van der Waals surface area contributed by atoms with E-state index in [4.69, 9.17) is 0 Å². The summed E-state index contributed by atoms with van der Waals surface area (Å²) >= 11 is 0. The van der Waals surface area contributed by atoms with Gasteiger partial charge in [-0.1, -0.05) is 30.3 Å². The molecule has 2 rings (SSSR count). The summed E-state index contributed by atoms with van der Waals surface area (Å²) < 4.78 is 0. The predicted molar refractivity (Wildman–Crippen MR) is 56.9 cm³/mol. The van der Waals surface area contributed by atoms with E-state index in [1.54, 1.807) is 0 Å². The molecule has 14 heavy (non-hydrogen) atoms. The van der Waals surface area contributed by atoms with E-state index >= 15 is 0 Å². The Morgan fingerprint density at radius 2 is 1.71 bits per heavy atom. The van der Waals surface area contributed by atoms with Gasteiger partial charge < -0.3 is 0 Å². The number of benzene rings is 1. The highest BCUT2D eigenvalue weighted by Gasteiger charge is 2.03. The number of aromatic nitrogens is 2. The quantitative estimate of drug-likeness (QED) is 0.681. The van der Waals surface area contributed by atoms with E-state index in [0.29, 0.717) is 0 Å². The van der Waals surface area contributed by atoms with Crippen LogP contribution in [0.25, 0.3) is 11.1 Å². The Balaban J connectivity index is 2.58. The Kier molecular flexibility index (Phi) is 2.27. The number of hydrogen-bond acceptors (Lipinski definition) is 2. The Bertz CT molecular complexity index is 435. The van der Waals surface area contributed by atoms with E-state index in [9.17, 15) is 0 Å². The molecule has 0 spiro atoms. The molecular formula is C12H12N2. The third-order valence-corrected chi connectivity index (χ3v) is 2.43. The van der Waals surface area contributed by atoms with Crippen molar-refractivity contribution in [3.05, 3.63) is 47.8 Å². The van der Waals surface area contributed by atoms with Crippen LogP contribution in [0.15, 0.2) is 36.5 Å². The molecule has 1 aromatic carbocycles. The lowest BCUT2D eigenvalue weighted by atomic mass is 10.0. The van der Waals surface area contributed by atoms with Crippen molar-refractivity contribution in [1.29, 1.82) is 0 Å². The second-order valence-corrected chi connectivity index (χ2v) is 3.33. The normalized spacial score (nSPS) is 10.1. The maximum absolute atomic E-state index is 4.01. The Labute approximate surface area is 83.6 Å². The Morgan fingerprint density at radius 3 is 2.43 bits per heavy atom. The zero-order valence-electron chi connectivity index (χ0n) is 8.36. The molecule has 0 atom stereocenters. The highest BCUT2D eigenvalue weighted by Crippen LogP contribution is 2.22. The summed E-state index contributed by atoms with van der Waals surface area (Å²) in [4.78, 5) is 0. The van der Waals surface area contributed by atoms with Gasteiger partial charge in [0.1, 0.15) is 0 Å². The van der Waals surface area contributed by atoms with Gasteiger partial charge in [-0.25, -0.2) is 0 Å². The molecule has 0 saturated carbocycles. The first-order valence-corrected chi connectivity index (χ1v) is 4.63. The van der Waals surface area contributed by atoms with Crippen LogP contribution < -0.4 is 0 Å². The van der Waals surface area contributed by atoms with Crippen LogP contribution in [-0.4, -0.2) is 10.2 Å². The molecule has 0 saturated heterocycles. The zero-order valence-corrected chi connectivity index (χ0v) is 8.36. The summed E-state index contributed by atoms with van der Waals surface area (Å²) in [6.07, 6.45) is 1.82. The van der Waals surface area contributed by atoms with E-state index < -0.39 is 0 Å². The molecule has 1 aromatic heterocycles. The first-order chi connectivity index (χ1) is 6.79. The highest BCUT2D eigenvalue weighted by atomic mass is 15.1. The fraction of sp³-hybridized carbons (Fsp3) is 0.167. The molecule has 0 aliphatic rings. The molecule has 2 aromatic rings.